The third-order valence-corrected chi connectivity index (χ3v) is 3.22. The molecule has 0 aliphatic carbocycles. The molecule has 1 unspecified atom stereocenters. The molecule has 0 saturated carbocycles. The molecule has 1 atom stereocenters. The van der Waals surface area contributed by atoms with E-state index in [1.807, 2.05) is 32.0 Å². The maximum Gasteiger partial charge on any atom is 0.573 e. The molecule has 5 heteroatoms. The summed E-state index contributed by atoms with van der Waals surface area (Å²) in [5.41, 5.74) is 9.69. The third kappa shape index (κ3) is 3.98. The van der Waals surface area contributed by atoms with E-state index in [2.05, 4.69) is 4.74 Å². The molecule has 0 fully saturated rings. The average Bonchev–Trinajstić information content (AvgIpc) is 2.39. The number of alkyl halides is 3. The molecule has 2 aromatic carbocycles. The fourth-order valence-corrected chi connectivity index (χ4v) is 2.18. The first-order valence-electron chi connectivity index (χ1n) is 6.45. The molecule has 0 amide bonds. The van der Waals surface area contributed by atoms with Crippen molar-refractivity contribution in [2.45, 2.75) is 26.3 Å². The predicted molar refractivity (Wildman–Crippen MR) is 75.1 cm³/mol. The third-order valence-electron chi connectivity index (χ3n) is 3.22. The molecule has 0 aliphatic heterocycles. The van der Waals surface area contributed by atoms with Crippen LogP contribution in [0, 0.1) is 13.8 Å². The van der Waals surface area contributed by atoms with Gasteiger partial charge in [0.05, 0.1) is 6.04 Å². The molecule has 0 saturated heterocycles. The Balaban J connectivity index is 2.33. The van der Waals surface area contributed by atoms with Gasteiger partial charge in [0.2, 0.25) is 0 Å². The largest absolute Gasteiger partial charge is 0.573 e. The van der Waals surface area contributed by atoms with Gasteiger partial charge in [-0.3, -0.25) is 0 Å². The summed E-state index contributed by atoms with van der Waals surface area (Å²) in [4.78, 5) is 0. The number of hydrogen-bond acceptors (Lipinski definition) is 2. The molecule has 112 valence electrons. The monoisotopic (exact) mass is 295 g/mol. The molecule has 0 spiro atoms. The van der Waals surface area contributed by atoms with Crippen molar-refractivity contribution < 1.29 is 17.9 Å². The Labute approximate surface area is 121 Å². The van der Waals surface area contributed by atoms with E-state index in [4.69, 9.17) is 5.73 Å². The highest BCUT2D eigenvalue weighted by molar-refractivity contribution is 5.41. The first-order chi connectivity index (χ1) is 9.76. The molecule has 21 heavy (non-hydrogen) atoms. The Morgan fingerprint density at radius 2 is 1.76 bits per heavy atom. The maximum atomic E-state index is 12.3. The van der Waals surface area contributed by atoms with Crippen LogP contribution >= 0.6 is 0 Å². The molecule has 0 heterocycles. The summed E-state index contributed by atoms with van der Waals surface area (Å²) in [5, 5.41) is 0. The van der Waals surface area contributed by atoms with Crippen molar-refractivity contribution in [3.8, 4) is 5.75 Å². The summed E-state index contributed by atoms with van der Waals surface area (Å²) in [6, 6.07) is 11.1. The van der Waals surface area contributed by atoms with Crippen LogP contribution in [-0.2, 0) is 0 Å². The second-order valence-electron chi connectivity index (χ2n) is 4.96. The van der Waals surface area contributed by atoms with Gasteiger partial charge in [0.15, 0.2) is 0 Å². The Morgan fingerprint density at radius 3 is 2.43 bits per heavy atom. The van der Waals surface area contributed by atoms with Gasteiger partial charge < -0.3 is 10.5 Å². The van der Waals surface area contributed by atoms with Gasteiger partial charge in [-0.15, -0.1) is 13.2 Å². The van der Waals surface area contributed by atoms with Crippen molar-refractivity contribution in [2.75, 3.05) is 0 Å². The smallest absolute Gasteiger partial charge is 0.406 e. The van der Waals surface area contributed by atoms with Crippen LogP contribution in [0.2, 0.25) is 0 Å². The number of ether oxygens (including phenoxy) is 1. The normalized spacial score (nSPS) is 13.0. The summed E-state index contributed by atoms with van der Waals surface area (Å²) < 4.78 is 40.7. The van der Waals surface area contributed by atoms with E-state index in [1.54, 1.807) is 6.07 Å². The second kappa shape index (κ2) is 5.77. The predicted octanol–water partition coefficient (Wildman–Crippen LogP) is 4.25. The average molecular weight is 295 g/mol. The second-order valence-corrected chi connectivity index (χ2v) is 4.96. The minimum Gasteiger partial charge on any atom is -0.406 e. The van der Waals surface area contributed by atoms with Crippen molar-refractivity contribution >= 4 is 0 Å². The Bertz CT molecular complexity index is 638. The van der Waals surface area contributed by atoms with Gasteiger partial charge in [-0.05, 0) is 42.7 Å². The number of hydrogen-bond donors (Lipinski definition) is 1. The topological polar surface area (TPSA) is 35.2 Å². The zero-order valence-electron chi connectivity index (χ0n) is 11.7. The molecule has 2 N–H and O–H groups in total. The fraction of sp³-hybridized carbons (Fsp3) is 0.250. The van der Waals surface area contributed by atoms with Crippen LogP contribution < -0.4 is 10.5 Å². The van der Waals surface area contributed by atoms with Gasteiger partial charge in [0.25, 0.3) is 0 Å². The lowest BCUT2D eigenvalue weighted by atomic mass is 9.94. The zero-order valence-corrected chi connectivity index (χ0v) is 11.7. The SMILES string of the molecule is Cc1ccc(C)c(C(N)c2cccc(OC(F)(F)F)c2)c1. The van der Waals surface area contributed by atoms with Gasteiger partial charge in [-0.2, -0.15) is 0 Å². The molecule has 0 aliphatic rings. The quantitative estimate of drug-likeness (QED) is 0.918. The number of rotatable bonds is 3. The van der Waals surface area contributed by atoms with E-state index in [1.165, 1.54) is 18.2 Å². The van der Waals surface area contributed by atoms with E-state index < -0.39 is 12.4 Å². The fourth-order valence-electron chi connectivity index (χ4n) is 2.18. The summed E-state index contributed by atoms with van der Waals surface area (Å²) in [7, 11) is 0. The number of nitrogens with two attached hydrogens (primary N) is 1. The minimum absolute atomic E-state index is 0.263. The molecule has 2 nitrogen and oxygen atoms in total. The van der Waals surface area contributed by atoms with Gasteiger partial charge >= 0.3 is 6.36 Å². The van der Waals surface area contributed by atoms with Gasteiger partial charge in [0.1, 0.15) is 5.75 Å². The van der Waals surface area contributed by atoms with Gasteiger partial charge in [-0.25, -0.2) is 0 Å². The van der Waals surface area contributed by atoms with E-state index in [0.29, 0.717) is 5.56 Å². The Morgan fingerprint density at radius 1 is 1.05 bits per heavy atom. The highest BCUT2D eigenvalue weighted by atomic mass is 19.4. The van der Waals surface area contributed by atoms with Crippen molar-refractivity contribution in [1.82, 2.24) is 0 Å². The van der Waals surface area contributed by atoms with E-state index >= 15 is 0 Å². The summed E-state index contributed by atoms with van der Waals surface area (Å²) in [6.07, 6.45) is -4.71. The number of benzene rings is 2. The van der Waals surface area contributed by atoms with E-state index in [-0.39, 0.29) is 5.75 Å². The summed E-state index contributed by atoms with van der Waals surface area (Å²) in [5.74, 6) is -0.263. The van der Waals surface area contributed by atoms with Crippen molar-refractivity contribution in [1.29, 1.82) is 0 Å². The van der Waals surface area contributed by atoms with Crippen LogP contribution in [0.15, 0.2) is 42.5 Å². The van der Waals surface area contributed by atoms with Crippen molar-refractivity contribution in [2.24, 2.45) is 5.73 Å². The molecule has 2 aromatic rings. The van der Waals surface area contributed by atoms with Crippen LogP contribution in [0.4, 0.5) is 13.2 Å². The highest BCUT2D eigenvalue weighted by Gasteiger charge is 2.31. The lowest BCUT2D eigenvalue weighted by molar-refractivity contribution is -0.274. The molecule has 2 rings (SSSR count). The lowest BCUT2D eigenvalue weighted by Gasteiger charge is -2.17. The van der Waals surface area contributed by atoms with Gasteiger partial charge in [-0.1, -0.05) is 35.9 Å². The van der Waals surface area contributed by atoms with E-state index in [9.17, 15) is 13.2 Å². The van der Waals surface area contributed by atoms with Crippen LogP contribution in [0.5, 0.6) is 5.75 Å². The standard InChI is InChI=1S/C16H16F3NO/c1-10-6-7-11(2)14(8-10)15(20)12-4-3-5-13(9-12)21-16(17,18)19/h3-9,15H,20H2,1-2H3. The Kier molecular flexibility index (Phi) is 4.23. The Hall–Kier alpha value is -2.01. The first kappa shape index (κ1) is 15.4. The number of halogens is 3. The molecular formula is C16H16F3NO. The van der Waals surface area contributed by atoms with E-state index in [0.717, 1.165) is 16.7 Å². The summed E-state index contributed by atoms with van der Waals surface area (Å²) >= 11 is 0. The minimum atomic E-state index is -4.71. The van der Waals surface area contributed by atoms with Crippen LogP contribution in [0.25, 0.3) is 0 Å². The lowest BCUT2D eigenvalue weighted by Crippen LogP contribution is -2.18. The van der Waals surface area contributed by atoms with Crippen LogP contribution in [0.1, 0.15) is 28.3 Å². The molecule has 0 aromatic heterocycles. The zero-order chi connectivity index (χ0) is 15.6. The van der Waals surface area contributed by atoms with Gasteiger partial charge in [0, 0.05) is 0 Å². The molecule has 0 radical (unpaired) electrons. The van der Waals surface area contributed by atoms with Crippen molar-refractivity contribution in [3.63, 3.8) is 0 Å². The first-order valence-corrected chi connectivity index (χ1v) is 6.45. The maximum absolute atomic E-state index is 12.3. The van der Waals surface area contributed by atoms with Crippen molar-refractivity contribution in [3.05, 3.63) is 64.7 Å². The summed E-state index contributed by atoms with van der Waals surface area (Å²) in [6.45, 7) is 3.86. The van der Waals surface area contributed by atoms with Crippen LogP contribution in [0.3, 0.4) is 0 Å². The van der Waals surface area contributed by atoms with Crippen LogP contribution in [-0.4, -0.2) is 6.36 Å². The number of aryl methyl sites for hydroxylation is 2. The molecular weight excluding hydrogens is 279 g/mol. The highest BCUT2D eigenvalue weighted by Crippen LogP contribution is 2.28. The molecule has 0 bridgehead atoms.